The quantitative estimate of drug-likeness (QED) is 0.536. The van der Waals surface area contributed by atoms with Crippen LogP contribution in [-0.4, -0.2) is 47.5 Å². The Morgan fingerprint density at radius 3 is 2.67 bits per heavy atom. The fourth-order valence-corrected chi connectivity index (χ4v) is 4.11. The molecule has 1 aliphatic heterocycles. The maximum atomic E-state index is 12.6. The van der Waals surface area contributed by atoms with Crippen molar-refractivity contribution in [3.8, 4) is 5.69 Å². The zero-order valence-corrected chi connectivity index (χ0v) is 16.6. The molecule has 0 saturated carbocycles. The summed E-state index contributed by atoms with van der Waals surface area (Å²) in [7, 11) is 1.89. The Kier molecular flexibility index (Phi) is 4.59. The van der Waals surface area contributed by atoms with Crippen molar-refractivity contribution in [2.45, 2.75) is 18.9 Å². The number of aromatic nitrogens is 6. The number of fused-ring (bicyclic) bond motifs is 1. The highest BCUT2D eigenvalue weighted by Gasteiger charge is 2.29. The van der Waals surface area contributed by atoms with Crippen molar-refractivity contribution >= 4 is 17.0 Å². The number of piperidine rings is 1. The average molecular weight is 405 g/mol. The lowest BCUT2D eigenvalue weighted by Crippen LogP contribution is -2.38. The van der Waals surface area contributed by atoms with Gasteiger partial charge in [-0.1, -0.05) is 18.2 Å². The maximum Gasteiger partial charge on any atom is 0.263 e. The number of imidazole rings is 1. The summed E-state index contributed by atoms with van der Waals surface area (Å²) in [6.07, 6.45) is 6.07. The van der Waals surface area contributed by atoms with Crippen molar-refractivity contribution in [2.24, 2.45) is 13.0 Å². The highest BCUT2D eigenvalue weighted by molar-refractivity contribution is 5.76. The molecule has 1 unspecified atom stereocenters. The average Bonchev–Trinajstić information content (AvgIpc) is 3.40. The standard InChI is InChI=1S/C21H23N7O2/c1-26-12-9-22-19(26)17(29)14-7-10-27(11-8-14)21-24-18-16(20(30)25-21)13-23-28(18)15-5-3-2-4-6-15/h2-6,9,12-14,17,29H,7-8,10-11H2,1H3,(H,24,25,30). The summed E-state index contributed by atoms with van der Waals surface area (Å²) in [5.41, 5.74) is 1.19. The molecule has 0 bridgehead atoms. The van der Waals surface area contributed by atoms with E-state index in [1.54, 1.807) is 17.1 Å². The Balaban J connectivity index is 1.40. The summed E-state index contributed by atoms with van der Waals surface area (Å²) < 4.78 is 3.54. The topological polar surface area (TPSA) is 105 Å². The summed E-state index contributed by atoms with van der Waals surface area (Å²) in [4.78, 5) is 26.6. The van der Waals surface area contributed by atoms with Crippen LogP contribution in [0.3, 0.4) is 0 Å². The largest absolute Gasteiger partial charge is 0.385 e. The van der Waals surface area contributed by atoms with E-state index in [-0.39, 0.29) is 11.5 Å². The molecule has 4 aromatic rings. The molecule has 30 heavy (non-hydrogen) atoms. The molecule has 0 radical (unpaired) electrons. The van der Waals surface area contributed by atoms with Gasteiger partial charge in [-0.05, 0) is 30.9 Å². The number of para-hydroxylation sites is 1. The highest BCUT2D eigenvalue weighted by Crippen LogP contribution is 2.31. The number of nitrogens with one attached hydrogen (secondary N) is 1. The molecule has 3 aromatic heterocycles. The SMILES string of the molecule is Cn1ccnc1C(O)C1CCN(c2nc3c(cnn3-c3ccccc3)c(=O)[nH]2)CC1. The van der Waals surface area contributed by atoms with E-state index in [1.165, 1.54) is 0 Å². The van der Waals surface area contributed by atoms with E-state index in [2.05, 4.69) is 20.0 Å². The second-order valence-corrected chi connectivity index (χ2v) is 7.68. The van der Waals surface area contributed by atoms with E-state index in [1.807, 2.05) is 48.1 Å². The Morgan fingerprint density at radius 2 is 1.97 bits per heavy atom. The number of hydrogen-bond donors (Lipinski definition) is 2. The van der Waals surface area contributed by atoms with Crippen LogP contribution in [0.5, 0.6) is 0 Å². The minimum Gasteiger partial charge on any atom is -0.385 e. The summed E-state index contributed by atoms with van der Waals surface area (Å²) in [5.74, 6) is 1.34. The number of aryl methyl sites for hydroxylation is 1. The fourth-order valence-electron chi connectivity index (χ4n) is 4.11. The maximum absolute atomic E-state index is 12.6. The number of aromatic amines is 1. The third-order valence-corrected chi connectivity index (χ3v) is 5.84. The van der Waals surface area contributed by atoms with Gasteiger partial charge < -0.3 is 14.6 Å². The Hall–Kier alpha value is -3.46. The van der Waals surface area contributed by atoms with Crippen molar-refractivity contribution in [3.05, 3.63) is 65.1 Å². The number of anilines is 1. The van der Waals surface area contributed by atoms with Crippen LogP contribution in [0.25, 0.3) is 16.7 Å². The smallest absolute Gasteiger partial charge is 0.263 e. The monoisotopic (exact) mass is 405 g/mol. The first-order chi connectivity index (χ1) is 14.6. The van der Waals surface area contributed by atoms with Gasteiger partial charge in [0.15, 0.2) is 5.65 Å². The predicted octanol–water partition coefficient (Wildman–Crippen LogP) is 1.79. The molecule has 1 aromatic carbocycles. The molecule has 4 heterocycles. The van der Waals surface area contributed by atoms with Gasteiger partial charge in [-0.15, -0.1) is 0 Å². The van der Waals surface area contributed by atoms with Crippen molar-refractivity contribution < 1.29 is 5.11 Å². The Labute approximate surface area is 172 Å². The van der Waals surface area contributed by atoms with Crippen LogP contribution >= 0.6 is 0 Å². The van der Waals surface area contributed by atoms with Gasteiger partial charge in [0.2, 0.25) is 5.95 Å². The molecule has 1 aliphatic rings. The van der Waals surface area contributed by atoms with E-state index in [9.17, 15) is 9.90 Å². The van der Waals surface area contributed by atoms with Gasteiger partial charge in [-0.25, -0.2) is 9.67 Å². The molecule has 0 amide bonds. The molecular formula is C21H23N7O2. The van der Waals surface area contributed by atoms with Gasteiger partial charge in [-0.3, -0.25) is 9.78 Å². The fraction of sp³-hybridized carbons (Fsp3) is 0.333. The number of H-pyrrole nitrogens is 1. The number of aliphatic hydroxyl groups excluding tert-OH is 1. The molecule has 9 heteroatoms. The predicted molar refractivity (Wildman–Crippen MR) is 113 cm³/mol. The van der Waals surface area contributed by atoms with E-state index in [0.29, 0.717) is 35.9 Å². The minimum atomic E-state index is -0.596. The van der Waals surface area contributed by atoms with Gasteiger partial charge >= 0.3 is 0 Å². The second-order valence-electron chi connectivity index (χ2n) is 7.68. The summed E-state index contributed by atoms with van der Waals surface area (Å²) in [6.45, 7) is 1.39. The van der Waals surface area contributed by atoms with Crippen LogP contribution in [0.4, 0.5) is 5.95 Å². The van der Waals surface area contributed by atoms with Crippen LogP contribution in [0, 0.1) is 5.92 Å². The summed E-state index contributed by atoms with van der Waals surface area (Å²) in [6, 6.07) is 9.65. The third-order valence-electron chi connectivity index (χ3n) is 5.84. The number of nitrogens with zero attached hydrogens (tertiary/aromatic N) is 6. The molecular weight excluding hydrogens is 382 g/mol. The Bertz CT molecular complexity index is 1220. The van der Waals surface area contributed by atoms with E-state index < -0.39 is 6.10 Å². The van der Waals surface area contributed by atoms with Crippen molar-refractivity contribution in [1.29, 1.82) is 0 Å². The number of aliphatic hydroxyl groups is 1. The van der Waals surface area contributed by atoms with Crippen LogP contribution < -0.4 is 10.5 Å². The molecule has 0 aliphatic carbocycles. The molecule has 1 fully saturated rings. The summed E-state index contributed by atoms with van der Waals surface area (Å²) in [5, 5.41) is 15.5. The zero-order valence-electron chi connectivity index (χ0n) is 16.6. The molecule has 154 valence electrons. The first-order valence-corrected chi connectivity index (χ1v) is 10.1. The molecule has 2 N–H and O–H groups in total. The number of benzene rings is 1. The Morgan fingerprint density at radius 1 is 1.20 bits per heavy atom. The van der Waals surface area contributed by atoms with Gasteiger partial charge in [0, 0.05) is 32.5 Å². The van der Waals surface area contributed by atoms with E-state index >= 15 is 0 Å². The lowest BCUT2D eigenvalue weighted by molar-refractivity contribution is 0.0823. The first-order valence-electron chi connectivity index (χ1n) is 10.1. The van der Waals surface area contributed by atoms with Gasteiger partial charge in [0.05, 0.1) is 11.9 Å². The molecule has 0 spiro atoms. The lowest BCUT2D eigenvalue weighted by Gasteiger charge is -2.34. The van der Waals surface area contributed by atoms with Crippen LogP contribution in [0.1, 0.15) is 24.8 Å². The van der Waals surface area contributed by atoms with Gasteiger partial charge in [-0.2, -0.15) is 10.1 Å². The normalized spacial score (nSPS) is 16.3. The number of rotatable bonds is 4. The molecule has 5 rings (SSSR count). The summed E-state index contributed by atoms with van der Waals surface area (Å²) >= 11 is 0. The van der Waals surface area contributed by atoms with Gasteiger partial charge in [0.25, 0.3) is 5.56 Å². The van der Waals surface area contributed by atoms with E-state index in [0.717, 1.165) is 18.5 Å². The zero-order chi connectivity index (χ0) is 20.7. The van der Waals surface area contributed by atoms with E-state index in [4.69, 9.17) is 4.98 Å². The molecule has 9 nitrogen and oxygen atoms in total. The number of hydrogen-bond acceptors (Lipinski definition) is 6. The van der Waals surface area contributed by atoms with Crippen LogP contribution in [0.2, 0.25) is 0 Å². The minimum absolute atomic E-state index is 0.118. The molecule has 1 saturated heterocycles. The molecule has 1 atom stereocenters. The third kappa shape index (κ3) is 3.17. The van der Waals surface area contributed by atoms with Crippen LogP contribution in [-0.2, 0) is 7.05 Å². The lowest BCUT2D eigenvalue weighted by atomic mass is 9.91. The second kappa shape index (κ2) is 7.42. The first kappa shape index (κ1) is 18.6. The van der Waals surface area contributed by atoms with Crippen molar-refractivity contribution in [2.75, 3.05) is 18.0 Å². The van der Waals surface area contributed by atoms with Crippen molar-refractivity contribution in [3.63, 3.8) is 0 Å². The van der Waals surface area contributed by atoms with Crippen molar-refractivity contribution in [1.82, 2.24) is 29.3 Å². The van der Waals surface area contributed by atoms with Crippen LogP contribution in [0.15, 0.2) is 53.7 Å². The highest BCUT2D eigenvalue weighted by atomic mass is 16.3. The van der Waals surface area contributed by atoms with Gasteiger partial charge in [0.1, 0.15) is 17.3 Å².